The molecule has 1 N–H and O–H groups in total. The third kappa shape index (κ3) is 12.9. The van der Waals surface area contributed by atoms with Crippen molar-refractivity contribution < 1.29 is 4.79 Å². The van der Waals surface area contributed by atoms with Gasteiger partial charge < -0.3 is 5.32 Å². The normalized spacial score (nSPS) is 12.6. The molecule has 3 heteroatoms. The maximum absolute atomic E-state index is 11.2. The van der Waals surface area contributed by atoms with Crippen LogP contribution in [0.2, 0.25) is 0 Å². The summed E-state index contributed by atoms with van der Waals surface area (Å²) >= 11 is 0. The predicted molar refractivity (Wildman–Crippen MR) is 78.9 cm³/mol. The van der Waals surface area contributed by atoms with Crippen LogP contribution in [-0.4, -0.2) is 18.7 Å². The fourth-order valence-corrected chi connectivity index (χ4v) is 1.60. The van der Waals surface area contributed by atoms with Crippen molar-refractivity contribution in [3.8, 4) is 0 Å². The highest BCUT2D eigenvalue weighted by Crippen LogP contribution is 2.05. The molecule has 0 atom stereocenters. The van der Waals surface area contributed by atoms with Crippen LogP contribution < -0.4 is 5.32 Å². The second-order valence-electron chi connectivity index (χ2n) is 4.51. The Hall–Kier alpha value is -1.12. The van der Waals surface area contributed by atoms with Crippen LogP contribution in [0.5, 0.6) is 0 Å². The number of hydrogen-bond acceptors (Lipinski definition) is 3. The van der Waals surface area contributed by atoms with Crippen molar-refractivity contribution in [2.24, 2.45) is 4.99 Å². The summed E-state index contributed by atoms with van der Waals surface area (Å²) in [5, 5.41) is 2.91. The molecule has 0 aromatic heterocycles. The molecule has 0 unspecified atom stereocenters. The van der Waals surface area contributed by atoms with E-state index in [0.717, 1.165) is 32.4 Å². The van der Waals surface area contributed by atoms with Gasteiger partial charge in [0.1, 0.15) is 12.5 Å². The van der Waals surface area contributed by atoms with Crippen molar-refractivity contribution in [3.05, 3.63) is 12.3 Å². The lowest BCUT2D eigenvalue weighted by molar-refractivity contribution is -0.119. The lowest BCUT2D eigenvalue weighted by Crippen LogP contribution is -2.06. The number of nitrogens with zero attached hydrogens (tertiary/aromatic N) is 1. The number of allylic oxidation sites excluding steroid dienone is 1. The van der Waals surface area contributed by atoms with Crippen LogP contribution in [0.1, 0.15) is 65.2 Å². The van der Waals surface area contributed by atoms with Gasteiger partial charge in [-0.15, -0.1) is 0 Å². The summed E-state index contributed by atoms with van der Waals surface area (Å²) in [5.74, 6) is 0.469. The predicted octanol–water partition coefficient (Wildman–Crippen LogP) is 3.85. The summed E-state index contributed by atoms with van der Waals surface area (Å²) in [6.45, 7) is 5.07. The fraction of sp³-hybridized carbons (Fsp3) is 0.733. The summed E-state index contributed by atoms with van der Waals surface area (Å²) in [6.07, 6.45) is 14.2. The lowest BCUT2D eigenvalue weighted by Gasteiger charge is -1.98. The van der Waals surface area contributed by atoms with Gasteiger partial charge in [-0.2, -0.15) is 0 Å². The molecule has 0 bridgehead atoms. The Morgan fingerprint density at radius 2 is 1.72 bits per heavy atom. The second kappa shape index (κ2) is 13.9. The first kappa shape index (κ1) is 16.9. The van der Waals surface area contributed by atoms with Crippen LogP contribution in [0.4, 0.5) is 0 Å². The standard InChI is InChI=1S/C11H22O.C4H6N2/c1-3-5-7-9-11(12)10-8-6-4-2;1-2-5-4-6-3-1/h3-10H2,1-2H3;1-3,5H,4H2. The van der Waals surface area contributed by atoms with Crippen molar-refractivity contribution in [2.45, 2.75) is 65.2 Å². The first-order valence-corrected chi connectivity index (χ1v) is 7.21. The van der Waals surface area contributed by atoms with E-state index >= 15 is 0 Å². The van der Waals surface area contributed by atoms with Gasteiger partial charge in [-0.05, 0) is 25.1 Å². The number of unbranched alkanes of at least 4 members (excludes halogenated alkanes) is 4. The van der Waals surface area contributed by atoms with E-state index in [0.29, 0.717) is 5.78 Å². The van der Waals surface area contributed by atoms with Gasteiger partial charge in [0, 0.05) is 19.1 Å². The lowest BCUT2D eigenvalue weighted by atomic mass is 10.1. The zero-order valence-corrected chi connectivity index (χ0v) is 12.0. The quantitative estimate of drug-likeness (QED) is 0.667. The Kier molecular flexibility index (Phi) is 13.1. The molecular weight excluding hydrogens is 224 g/mol. The molecule has 1 aliphatic rings. The summed E-state index contributed by atoms with van der Waals surface area (Å²) in [4.78, 5) is 15.0. The molecule has 0 saturated heterocycles. The van der Waals surface area contributed by atoms with Gasteiger partial charge >= 0.3 is 0 Å². The number of ketones is 1. The number of nitrogens with one attached hydrogen (secondary N) is 1. The number of carbonyl (C=O) groups is 1. The number of Topliss-reactive ketones (excluding diaryl/α,β-unsaturated/α-hetero) is 1. The molecule has 3 nitrogen and oxygen atoms in total. The monoisotopic (exact) mass is 252 g/mol. The summed E-state index contributed by atoms with van der Waals surface area (Å²) in [7, 11) is 0. The van der Waals surface area contributed by atoms with Gasteiger partial charge in [0.25, 0.3) is 0 Å². The number of rotatable bonds is 8. The third-order valence-corrected chi connectivity index (χ3v) is 2.71. The summed E-state index contributed by atoms with van der Waals surface area (Å²) < 4.78 is 0. The Bertz CT molecular complexity index is 223. The minimum absolute atomic E-state index is 0.469. The van der Waals surface area contributed by atoms with E-state index in [2.05, 4.69) is 24.2 Å². The van der Waals surface area contributed by atoms with E-state index in [-0.39, 0.29) is 0 Å². The molecule has 0 amide bonds. The largest absolute Gasteiger partial charge is 0.372 e. The third-order valence-electron chi connectivity index (χ3n) is 2.71. The van der Waals surface area contributed by atoms with E-state index in [1.807, 2.05) is 12.3 Å². The molecule has 18 heavy (non-hydrogen) atoms. The first-order chi connectivity index (χ1) is 8.81. The van der Waals surface area contributed by atoms with Crippen LogP contribution >= 0.6 is 0 Å². The minimum atomic E-state index is 0.469. The van der Waals surface area contributed by atoms with Crippen molar-refractivity contribution in [2.75, 3.05) is 6.67 Å². The van der Waals surface area contributed by atoms with Crippen LogP contribution in [0.25, 0.3) is 0 Å². The van der Waals surface area contributed by atoms with E-state index in [1.54, 1.807) is 6.21 Å². The highest BCUT2D eigenvalue weighted by molar-refractivity contribution is 5.78. The molecule has 0 spiro atoms. The Labute approximate surface area is 112 Å². The smallest absolute Gasteiger partial charge is 0.132 e. The van der Waals surface area contributed by atoms with E-state index < -0.39 is 0 Å². The molecule has 1 heterocycles. The zero-order valence-electron chi connectivity index (χ0n) is 12.0. The second-order valence-corrected chi connectivity index (χ2v) is 4.51. The Balaban J connectivity index is 0.000000397. The number of carbonyl (C=O) groups excluding carboxylic acids is 1. The molecule has 0 radical (unpaired) electrons. The highest BCUT2D eigenvalue weighted by Gasteiger charge is 1.99. The van der Waals surface area contributed by atoms with Gasteiger partial charge in [-0.1, -0.05) is 39.5 Å². The van der Waals surface area contributed by atoms with Gasteiger partial charge in [0.15, 0.2) is 0 Å². The molecule has 0 aromatic carbocycles. The zero-order chi connectivity index (χ0) is 13.5. The van der Waals surface area contributed by atoms with Crippen LogP contribution in [-0.2, 0) is 4.79 Å². The van der Waals surface area contributed by atoms with E-state index in [4.69, 9.17) is 0 Å². The van der Waals surface area contributed by atoms with Crippen molar-refractivity contribution in [1.82, 2.24) is 5.32 Å². The van der Waals surface area contributed by atoms with Crippen LogP contribution in [0.3, 0.4) is 0 Å². The highest BCUT2D eigenvalue weighted by atomic mass is 16.1. The molecule has 0 fully saturated rings. The van der Waals surface area contributed by atoms with Crippen molar-refractivity contribution in [3.63, 3.8) is 0 Å². The van der Waals surface area contributed by atoms with E-state index in [1.165, 1.54) is 25.7 Å². The first-order valence-electron chi connectivity index (χ1n) is 7.21. The summed E-state index contributed by atoms with van der Waals surface area (Å²) in [5.41, 5.74) is 0. The maximum Gasteiger partial charge on any atom is 0.132 e. The Morgan fingerprint density at radius 3 is 2.00 bits per heavy atom. The van der Waals surface area contributed by atoms with Crippen LogP contribution in [0.15, 0.2) is 17.3 Å². The molecule has 1 aliphatic heterocycles. The van der Waals surface area contributed by atoms with Crippen molar-refractivity contribution >= 4 is 12.0 Å². The molecule has 0 aliphatic carbocycles. The summed E-state index contributed by atoms with van der Waals surface area (Å²) in [6, 6.07) is 0. The molecule has 0 saturated carbocycles. The van der Waals surface area contributed by atoms with Gasteiger partial charge in [-0.25, -0.2) is 0 Å². The average Bonchev–Trinajstić information content (AvgIpc) is 2.42. The average molecular weight is 252 g/mol. The van der Waals surface area contributed by atoms with Crippen molar-refractivity contribution in [1.29, 1.82) is 0 Å². The maximum atomic E-state index is 11.2. The number of aliphatic imine (C=N–C) groups is 1. The van der Waals surface area contributed by atoms with Crippen LogP contribution in [0, 0.1) is 0 Å². The van der Waals surface area contributed by atoms with Gasteiger partial charge in [-0.3, -0.25) is 9.79 Å². The Morgan fingerprint density at radius 1 is 1.11 bits per heavy atom. The topological polar surface area (TPSA) is 41.5 Å². The molecule has 104 valence electrons. The van der Waals surface area contributed by atoms with E-state index in [9.17, 15) is 4.79 Å². The van der Waals surface area contributed by atoms with Gasteiger partial charge in [0.2, 0.25) is 0 Å². The minimum Gasteiger partial charge on any atom is -0.372 e. The number of hydrogen-bond donors (Lipinski definition) is 1. The molecular formula is C15H28N2O. The SMILES string of the molecule is C1=CNCN=C1.CCCCCC(=O)CCCCC. The molecule has 0 aromatic rings. The fourth-order valence-electron chi connectivity index (χ4n) is 1.60. The van der Waals surface area contributed by atoms with Gasteiger partial charge in [0.05, 0.1) is 0 Å². The molecule has 1 rings (SSSR count).